The Morgan fingerprint density at radius 3 is 2.49 bits per heavy atom. The zero-order valence-corrected chi connectivity index (χ0v) is 24.3. The molecular weight excluding hydrogens is 560 g/mol. The number of carbonyl (C=O) groups excluding carboxylic acids is 1. The van der Waals surface area contributed by atoms with E-state index in [4.69, 9.17) is 18.5 Å². The van der Waals surface area contributed by atoms with Gasteiger partial charge in [0.1, 0.15) is 24.0 Å². The molecule has 0 spiro atoms. The number of fused-ring (bicyclic) bond motifs is 2. The first-order chi connectivity index (χ1) is 19.3. The van der Waals surface area contributed by atoms with Crippen molar-refractivity contribution in [3.05, 3.63) is 36.7 Å². The van der Waals surface area contributed by atoms with Crippen LogP contribution in [0.3, 0.4) is 0 Å². The maximum absolute atomic E-state index is 16.5. The van der Waals surface area contributed by atoms with Crippen molar-refractivity contribution in [3.63, 3.8) is 0 Å². The summed E-state index contributed by atoms with van der Waals surface area (Å²) in [4.78, 5) is 25.4. The van der Waals surface area contributed by atoms with Crippen LogP contribution < -0.4 is 20.2 Å². The molecular formula is C25H33FN7O7P. The third kappa shape index (κ3) is 5.01. The van der Waals surface area contributed by atoms with Crippen LogP contribution in [0.2, 0.25) is 0 Å². The molecule has 2 aliphatic rings. The average molecular weight is 594 g/mol. The number of hydrogen-bond acceptors (Lipinski definition) is 12. The van der Waals surface area contributed by atoms with Crippen LogP contribution in [0.4, 0.5) is 16.2 Å². The second-order valence-corrected chi connectivity index (χ2v) is 11.9. The standard InChI is InChI=1S/C25H33FN7O7P/c1-13(2)37-21(34)14(3)32-41(36,39-15-10-8-7-9-11-15)40-18-17-25(18,35)24(4,26)22(38-17)33-12-29-16-19(27-5)30-23(28-6)31-20(16)33/h7-14,17-18,22,35H,1-6H3,(H,32,36)(H2,27,28,30,31)/t14-,17+,18?,22+,24-,25-,41?/m0/s1. The van der Waals surface area contributed by atoms with Crippen molar-refractivity contribution in [1.29, 1.82) is 0 Å². The molecule has 3 aromatic rings. The molecule has 1 saturated heterocycles. The summed E-state index contributed by atoms with van der Waals surface area (Å²) < 4.78 is 54.4. The first kappa shape index (κ1) is 29.1. The van der Waals surface area contributed by atoms with Crippen molar-refractivity contribution in [1.82, 2.24) is 24.6 Å². The predicted octanol–water partition coefficient (Wildman–Crippen LogP) is 2.78. The highest BCUT2D eigenvalue weighted by molar-refractivity contribution is 7.52. The van der Waals surface area contributed by atoms with Gasteiger partial charge in [0.25, 0.3) is 0 Å². The fourth-order valence-electron chi connectivity index (χ4n) is 4.82. The second kappa shape index (κ2) is 10.5. The zero-order valence-electron chi connectivity index (χ0n) is 23.4. The lowest BCUT2D eigenvalue weighted by Gasteiger charge is -2.31. The molecule has 2 fully saturated rings. The number of hydrogen-bond donors (Lipinski definition) is 4. The van der Waals surface area contributed by atoms with Crippen molar-refractivity contribution >= 4 is 36.6 Å². The number of esters is 1. The fourth-order valence-corrected chi connectivity index (χ4v) is 6.52. The largest absolute Gasteiger partial charge is 0.462 e. The van der Waals surface area contributed by atoms with E-state index in [-0.39, 0.29) is 17.3 Å². The highest BCUT2D eigenvalue weighted by atomic mass is 31.2. The number of benzene rings is 1. The average Bonchev–Trinajstić information content (AvgIpc) is 3.18. The lowest BCUT2D eigenvalue weighted by molar-refractivity contribution is -0.149. The molecule has 1 saturated carbocycles. The summed E-state index contributed by atoms with van der Waals surface area (Å²) in [5.74, 6) is 0.148. The molecule has 0 radical (unpaired) electrons. The number of nitrogens with zero attached hydrogens (tertiary/aromatic N) is 4. The van der Waals surface area contributed by atoms with Crippen LogP contribution in [0.5, 0.6) is 5.75 Å². The summed E-state index contributed by atoms with van der Waals surface area (Å²) in [6, 6.07) is 6.99. The monoisotopic (exact) mass is 593 g/mol. The van der Waals surface area contributed by atoms with E-state index in [0.29, 0.717) is 11.3 Å². The highest BCUT2D eigenvalue weighted by Gasteiger charge is 2.85. The summed E-state index contributed by atoms with van der Waals surface area (Å²) in [5, 5.41) is 19.8. The number of imidazole rings is 1. The van der Waals surface area contributed by atoms with Gasteiger partial charge in [-0.2, -0.15) is 15.1 Å². The van der Waals surface area contributed by atoms with Gasteiger partial charge in [0.15, 0.2) is 34.5 Å². The van der Waals surface area contributed by atoms with Gasteiger partial charge in [-0.3, -0.25) is 13.9 Å². The maximum atomic E-state index is 16.5. The normalized spacial score (nSPS) is 29.0. The molecule has 2 unspecified atom stereocenters. The number of aromatic nitrogens is 4. The quantitative estimate of drug-likeness (QED) is 0.189. The van der Waals surface area contributed by atoms with E-state index in [2.05, 4.69) is 30.7 Å². The Morgan fingerprint density at radius 2 is 1.90 bits per heavy atom. The van der Waals surface area contributed by atoms with Crippen molar-refractivity contribution < 1.29 is 37.4 Å². The minimum absolute atomic E-state index is 0.164. The summed E-state index contributed by atoms with van der Waals surface area (Å²) in [6.07, 6.45) is -3.04. The number of aliphatic hydroxyl groups is 1. The number of carbonyl (C=O) groups is 1. The second-order valence-electron chi connectivity index (χ2n) is 10.3. The molecule has 16 heteroatoms. The number of ether oxygens (including phenoxy) is 2. The minimum Gasteiger partial charge on any atom is -0.462 e. The van der Waals surface area contributed by atoms with Crippen molar-refractivity contribution in [2.24, 2.45) is 0 Å². The number of rotatable bonds is 11. The van der Waals surface area contributed by atoms with Gasteiger partial charge in [-0.15, -0.1) is 0 Å². The molecule has 0 amide bonds. The number of anilines is 2. The van der Waals surface area contributed by atoms with E-state index in [1.807, 2.05) is 0 Å². The Morgan fingerprint density at radius 1 is 1.20 bits per heavy atom. The van der Waals surface area contributed by atoms with Crippen LogP contribution in [0.15, 0.2) is 36.7 Å². The van der Waals surface area contributed by atoms with Gasteiger partial charge in [0, 0.05) is 14.1 Å². The molecule has 1 aliphatic heterocycles. The van der Waals surface area contributed by atoms with Crippen LogP contribution in [0.25, 0.3) is 11.2 Å². The van der Waals surface area contributed by atoms with Gasteiger partial charge in [-0.1, -0.05) is 18.2 Å². The fraction of sp³-hybridized carbons (Fsp3) is 0.520. The van der Waals surface area contributed by atoms with Crippen LogP contribution in [0.1, 0.15) is 33.9 Å². The molecule has 5 rings (SSSR count). The number of alkyl halides is 1. The van der Waals surface area contributed by atoms with E-state index in [1.165, 1.54) is 30.0 Å². The number of nitrogens with one attached hydrogen (secondary N) is 3. The number of para-hydroxylation sites is 1. The maximum Gasteiger partial charge on any atom is 0.459 e. The van der Waals surface area contributed by atoms with E-state index in [1.54, 1.807) is 46.1 Å². The van der Waals surface area contributed by atoms with E-state index < -0.39 is 55.6 Å². The molecule has 14 nitrogen and oxygen atoms in total. The minimum atomic E-state index is -4.40. The predicted molar refractivity (Wildman–Crippen MR) is 146 cm³/mol. The van der Waals surface area contributed by atoms with E-state index in [0.717, 1.165) is 6.92 Å². The van der Waals surface area contributed by atoms with E-state index >= 15 is 4.39 Å². The van der Waals surface area contributed by atoms with Gasteiger partial charge in [-0.25, -0.2) is 13.9 Å². The Bertz CT molecular complexity index is 1490. The van der Waals surface area contributed by atoms with Crippen LogP contribution in [-0.4, -0.2) is 80.3 Å². The van der Waals surface area contributed by atoms with Gasteiger partial charge in [0.05, 0.1) is 12.4 Å². The molecule has 1 aromatic carbocycles. The Hall–Kier alpha value is -3.36. The molecule has 3 heterocycles. The van der Waals surface area contributed by atoms with E-state index in [9.17, 15) is 14.5 Å². The Labute approximate surface area is 235 Å². The molecule has 222 valence electrons. The molecule has 2 aromatic heterocycles. The third-order valence-electron chi connectivity index (χ3n) is 6.97. The molecule has 1 aliphatic carbocycles. The van der Waals surface area contributed by atoms with Crippen LogP contribution in [0, 0.1) is 0 Å². The summed E-state index contributed by atoms with van der Waals surface area (Å²) in [6.45, 7) is 5.93. The molecule has 41 heavy (non-hydrogen) atoms. The summed E-state index contributed by atoms with van der Waals surface area (Å²) in [5.41, 5.74) is -4.03. The smallest absolute Gasteiger partial charge is 0.459 e. The first-order valence-electron chi connectivity index (χ1n) is 13.0. The highest BCUT2D eigenvalue weighted by Crippen LogP contribution is 2.66. The third-order valence-corrected chi connectivity index (χ3v) is 8.63. The number of halogens is 1. The van der Waals surface area contributed by atoms with Gasteiger partial charge >= 0.3 is 13.7 Å². The summed E-state index contributed by atoms with van der Waals surface area (Å²) >= 11 is 0. The summed E-state index contributed by atoms with van der Waals surface area (Å²) in [7, 11) is -1.09. The molecule has 7 atom stereocenters. The van der Waals surface area contributed by atoms with Crippen molar-refractivity contribution in [2.75, 3.05) is 24.7 Å². The van der Waals surface area contributed by atoms with Crippen molar-refractivity contribution in [2.45, 2.75) is 69.5 Å². The lowest BCUT2D eigenvalue weighted by Crippen LogP contribution is -2.45. The Kier molecular flexibility index (Phi) is 7.45. The zero-order chi connectivity index (χ0) is 29.7. The SMILES string of the molecule is CNc1nc(NC)c2ncn([C@@H]3O[C@@H]4C(OP(=O)(N[C@@H](C)C(=O)OC(C)C)Oc5ccccc5)[C@]4(O)[C@@]3(C)F)c2n1. The van der Waals surface area contributed by atoms with Gasteiger partial charge in [-0.05, 0) is 39.8 Å². The van der Waals surface area contributed by atoms with Crippen LogP contribution >= 0.6 is 7.75 Å². The lowest BCUT2D eigenvalue weighted by atomic mass is 9.97. The first-order valence-corrected chi connectivity index (χ1v) is 14.6. The van der Waals surface area contributed by atoms with Gasteiger partial charge in [0.2, 0.25) is 5.95 Å². The van der Waals surface area contributed by atoms with Gasteiger partial charge < -0.3 is 29.7 Å². The topological polar surface area (TPSA) is 171 Å². The molecule has 0 bridgehead atoms. The van der Waals surface area contributed by atoms with Crippen LogP contribution in [-0.2, 0) is 23.4 Å². The Balaban J connectivity index is 1.41. The molecule has 4 N–H and O–H groups in total. The van der Waals surface area contributed by atoms with Crippen molar-refractivity contribution in [3.8, 4) is 5.75 Å².